The number of halogens is 1. The number of hydrogen-bond acceptors (Lipinski definition) is 4. The van der Waals surface area contributed by atoms with Crippen LogP contribution in [0.15, 0.2) is 18.2 Å². The average molecular weight is 263 g/mol. The number of hydrogen-bond donors (Lipinski definition) is 2. The Hall–Kier alpha value is -1.88. The number of hydrazine groups is 1. The second-order valence-electron chi connectivity index (χ2n) is 4.63. The highest BCUT2D eigenvalue weighted by molar-refractivity contribution is 5.92. The maximum Gasteiger partial charge on any atom is 0.167 e. The molecule has 102 valence electrons. The van der Waals surface area contributed by atoms with Gasteiger partial charge in [-0.3, -0.25) is 10.8 Å². The number of aromatic nitrogens is 1. The number of benzene rings is 1. The van der Waals surface area contributed by atoms with Gasteiger partial charge in [-0.25, -0.2) is 4.39 Å². The molecule has 0 aliphatic carbocycles. The zero-order chi connectivity index (χ0) is 14.0. The summed E-state index contributed by atoms with van der Waals surface area (Å²) in [5.74, 6) is 5.58. The van der Waals surface area contributed by atoms with Crippen LogP contribution in [0.1, 0.15) is 32.4 Å². The van der Waals surface area contributed by atoms with E-state index in [0.717, 1.165) is 16.8 Å². The number of nitrogen functional groups attached to an aromatic ring is 1. The van der Waals surface area contributed by atoms with Crippen LogP contribution in [0.5, 0.6) is 5.75 Å². The summed E-state index contributed by atoms with van der Waals surface area (Å²) in [4.78, 5) is 4.45. The van der Waals surface area contributed by atoms with Gasteiger partial charge in [-0.15, -0.1) is 0 Å². The monoisotopic (exact) mass is 263 g/mol. The van der Waals surface area contributed by atoms with E-state index in [1.165, 1.54) is 6.07 Å². The van der Waals surface area contributed by atoms with E-state index < -0.39 is 5.82 Å². The SMILES string of the molecule is CCOc1cc2c(NN)cc(C(C)C)nc2cc1F. The van der Waals surface area contributed by atoms with E-state index in [0.29, 0.717) is 12.1 Å². The van der Waals surface area contributed by atoms with Crippen molar-refractivity contribution in [2.45, 2.75) is 26.7 Å². The summed E-state index contributed by atoms with van der Waals surface area (Å²) in [5.41, 5.74) is 4.79. The highest BCUT2D eigenvalue weighted by Gasteiger charge is 2.12. The summed E-state index contributed by atoms with van der Waals surface area (Å²) in [5, 5.41) is 0.747. The minimum absolute atomic E-state index is 0.214. The van der Waals surface area contributed by atoms with Crippen molar-refractivity contribution in [2.24, 2.45) is 5.84 Å². The molecular weight excluding hydrogens is 245 g/mol. The molecule has 4 nitrogen and oxygen atoms in total. The van der Waals surface area contributed by atoms with Crippen LogP contribution in [0.4, 0.5) is 10.1 Å². The number of ether oxygens (including phenoxy) is 1. The second kappa shape index (κ2) is 5.40. The van der Waals surface area contributed by atoms with Crippen LogP contribution >= 0.6 is 0 Å². The summed E-state index contributed by atoms with van der Waals surface area (Å²) >= 11 is 0. The number of pyridine rings is 1. The molecule has 3 N–H and O–H groups in total. The van der Waals surface area contributed by atoms with Gasteiger partial charge in [-0.1, -0.05) is 13.8 Å². The van der Waals surface area contributed by atoms with Crippen LogP contribution in [0.25, 0.3) is 10.9 Å². The van der Waals surface area contributed by atoms with Crippen molar-refractivity contribution >= 4 is 16.6 Å². The number of nitrogens with zero attached hydrogens (tertiary/aromatic N) is 1. The lowest BCUT2D eigenvalue weighted by Crippen LogP contribution is -2.09. The predicted molar refractivity (Wildman–Crippen MR) is 74.8 cm³/mol. The molecule has 19 heavy (non-hydrogen) atoms. The van der Waals surface area contributed by atoms with Crippen LogP contribution < -0.4 is 16.0 Å². The van der Waals surface area contributed by atoms with Gasteiger partial charge >= 0.3 is 0 Å². The van der Waals surface area contributed by atoms with Gasteiger partial charge in [-0.2, -0.15) is 0 Å². The molecule has 0 unspecified atom stereocenters. The van der Waals surface area contributed by atoms with E-state index in [4.69, 9.17) is 10.6 Å². The quantitative estimate of drug-likeness (QED) is 0.657. The molecule has 0 fully saturated rings. The van der Waals surface area contributed by atoms with Gasteiger partial charge in [0.15, 0.2) is 11.6 Å². The van der Waals surface area contributed by atoms with Crippen molar-refractivity contribution in [3.05, 3.63) is 29.7 Å². The largest absolute Gasteiger partial charge is 0.491 e. The zero-order valence-electron chi connectivity index (χ0n) is 11.3. The Morgan fingerprint density at radius 2 is 2.11 bits per heavy atom. The van der Waals surface area contributed by atoms with E-state index >= 15 is 0 Å². The molecule has 5 heteroatoms. The number of nitrogens with two attached hydrogens (primary N) is 1. The number of nitrogens with one attached hydrogen (secondary N) is 1. The number of rotatable bonds is 4. The van der Waals surface area contributed by atoms with Crippen molar-refractivity contribution in [2.75, 3.05) is 12.0 Å². The Labute approximate surface area is 111 Å². The Morgan fingerprint density at radius 3 is 2.68 bits per heavy atom. The van der Waals surface area contributed by atoms with Gasteiger partial charge in [0, 0.05) is 17.1 Å². The summed E-state index contributed by atoms with van der Waals surface area (Å²) in [6, 6.07) is 4.88. The molecule has 1 heterocycles. The standard InChI is InChI=1S/C14H18FN3O/c1-4-19-14-5-9-12(6-10(14)15)17-11(8(2)3)7-13(9)18-16/h5-8H,4,16H2,1-3H3,(H,17,18). The Bertz CT molecular complexity index is 599. The topological polar surface area (TPSA) is 60.2 Å². The summed E-state index contributed by atoms with van der Waals surface area (Å²) < 4.78 is 19.1. The fourth-order valence-electron chi connectivity index (χ4n) is 1.93. The average Bonchev–Trinajstić information content (AvgIpc) is 2.38. The van der Waals surface area contributed by atoms with Crippen LogP contribution in [-0.2, 0) is 0 Å². The summed E-state index contributed by atoms with van der Waals surface area (Å²) in [7, 11) is 0. The van der Waals surface area contributed by atoms with Crippen LogP contribution in [0.2, 0.25) is 0 Å². The van der Waals surface area contributed by atoms with Gasteiger partial charge in [0.1, 0.15) is 0 Å². The van der Waals surface area contributed by atoms with Crippen molar-refractivity contribution < 1.29 is 9.13 Å². The number of anilines is 1. The molecule has 0 atom stereocenters. The smallest absolute Gasteiger partial charge is 0.167 e. The minimum atomic E-state index is -0.411. The normalized spacial score (nSPS) is 11.1. The lowest BCUT2D eigenvalue weighted by Gasteiger charge is -2.13. The van der Waals surface area contributed by atoms with Crippen LogP contribution in [-0.4, -0.2) is 11.6 Å². The third kappa shape index (κ3) is 2.61. The van der Waals surface area contributed by atoms with Gasteiger partial charge < -0.3 is 10.2 Å². The molecule has 0 amide bonds. The third-order valence-corrected chi connectivity index (χ3v) is 2.93. The van der Waals surface area contributed by atoms with Gasteiger partial charge in [0.05, 0.1) is 17.8 Å². The Morgan fingerprint density at radius 1 is 1.37 bits per heavy atom. The second-order valence-corrected chi connectivity index (χ2v) is 4.63. The van der Waals surface area contributed by atoms with Gasteiger partial charge in [0.25, 0.3) is 0 Å². The summed E-state index contributed by atoms with van der Waals surface area (Å²) in [6.45, 7) is 6.27. The van der Waals surface area contributed by atoms with Crippen molar-refractivity contribution in [3.8, 4) is 5.75 Å². The molecule has 2 aromatic rings. The zero-order valence-corrected chi connectivity index (χ0v) is 11.3. The van der Waals surface area contributed by atoms with E-state index in [1.54, 1.807) is 6.07 Å². The van der Waals surface area contributed by atoms with Crippen molar-refractivity contribution in [3.63, 3.8) is 0 Å². The predicted octanol–water partition coefficient (Wildman–Crippen LogP) is 3.18. The molecule has 0 spiro atoms. The molecule has 0 aliphatic rings. The Kier molecular flexibility index (Phi) is 3.85. The van der Waals surface area contributed by atoms with Gasteiger partial charge in [0.2, 0.25) is 0 Å². The van der Waals surface area contributed by atoms with E-state index in [2.05, 4.69) is 10.4 Å². The Balaban J connectivity index is 2.68. The molecule has 0 saturated carbocycles. The molecule has 0 radical (unpaired) electrons. The molecule has 1 aromatic carbocycles. The lowest BCUT2D eigenvalue weighted by atomic mass is 10.1. The van der Waals surface area contributed by atoms with E-state index in [1.807, 2.05) is 26.8 Å². The van der Waals surface area contributed by atoms with Crippen molar-refractivity contribution in [1.82, 2.24) is 4.98 Å². The maximum atomic E-state index is 13.9. The fraction of sp³-hybridized carbons (Fsp3) is 0.357. The molecule has 2 rings (SSSR count). The fourth-order valence-corrected chi connectivity index (χ4v) is 1.93. The van der Waals surface area contributed by atoms with Crippen LogP contribution in [0.3, 0.4) is 0 Å². The maximum absolute atomic E-state index is 13.9. The van der Waals surface area contributed by atoms with E-state index in [-0.39, 0.29) is 11.7 Å². The molecule has 0 bridgehead atoms. The first kappa shape index (κ1) is 13.5. The third-order valence-electron chi connectivity index (χ3n) is 2.93. The molecule has 0 saturated heterocycles. The molecule has 1 aromatic heterocycles. The first-order valence-electron chi connectivity index (χ1n) is 6.30. The minimum Gasteiger partial charge on any atom is -0.491 e. The van der Waals surface area contributed by atoms with Crippen LogP contribution in [0, 0.1) is 5.82 Å². The highest BCUT2D eigenvalue weighted by Crippen LogP contribution is 2.30. The number of fused-ring (bicyclic) bond motifs is 1. The van der Waals surface area contributed by atoms with Gasteiger partial charge in [-0.05, 0) is 25.0 Å². The first-order valence-corrected chi connectivity index (χ1v) is 6.30. The summed E-state index contributed by atoms with van der Waals surface area (Å²) in [6.07, 6.45) is 0. The molecule has 0 aliphatic heterocycles. The van der Waals surface area contributed by atoms with E-state index in [9.17, 15) is 4.39 Å². The first-order chi connectivity index (χ1) is 9.06. The highest BCUT2D eigenvalue weighted by atomic mass is 19.1. The van der Waals surface area contributed by atoms with Crippen molar-refractivity contribution in [1.29, 1.82) is 0 Å². The molecular formula is C14H18FN3O. The lowest BCUT2D eigenvalue weighted by molar-refractivity contribution is 0.322.